The number of hydrogen-bond donors (Lipinski definition) is 0. The molecule has 1 unspecified atom stereocenters. The van der Waals surface area contributed by atoms with Gasteiger partial charge in [-0.2, -0.15) is 0 Å². The molecule has 1 aromatic carbocycles. The lowest BCUT2D eigenvalue weighted by atomic mass is 9.77. The Labute approximate surface area is 88.0 Å². The number of benzene rings is 1. The van der Waals surface area contributed by atoms with Crippen molar-refractivity contribution in [3.8, 4) is 0 Å². The number of hydrogen-bond acceptors (Lipinski definition) is 2. The first kappa shape index (κ1) is 7.80. The molecule has 0 aromatic heterocycles. The Morgan fingerprint density at radius 3 is 3.07 bits per heavy atom. The SMILES string of the molecule is O=C1CC2=NCC3C[C@@]23c2ccccc21. The van der Waals surface area contributed by atoms with Crippen molar-refractivity contribution in [1.82, 2.24) is 0 Å². The molecule has 1 heterocycles. The maximum atomic E-state index is 11.9. The lowest BCUT2D eigenvalue weighted by molar-refractivity contribution is 0.0995. The second-order valence-corrected chi connectivity index (χ2v) is 4.81. The van der Waals surface area contributed by atoms with Gasteiger partial charge in [0.25, 0.3) is 0 Å². The van der Waals surface area contributed by atoms with Crippen molar-refractivity contribution >= 4 is 11.5 Å². The zero-order valence-electron chi connectivity index (χ0n) is 8.36. The van der Waals surface area contributed by atoms with E-state index in [9.17, 15) is 4.79 Å². The fourth-order valence-corrected chi connectivity index (χ4v) is 3.33. The Balaban J connectivity index is 2.04. The maximum Gasteiger partial charge on any atom is 0.168 e. The highest BCUT2D eigenvalue weighted by Crippen LogP contribution is 2.61. The molecular weight excluding hydrogens is 186 g/mol. The van der Waals surface area contributed by atoms with E-state index in [0.29, 0.717) is 12.3 Å². The van der Waals surface area contributed by atoms with Gasteiger partial charge >= 0.3 is 0 Å². The van der Waals surface area contributed by atoms with Crippen molar-refractivity contribution in [3.63, 3.8) is 0 Å². The normalized spacial score (nSPS) is 35.3. The Bertz CT molecular complexity index is 517. The summed E-state index contributed by atoms with van der Waals surface area (Å²) >= 11 is 0. The lowest BCUT2D eigenvalue weighted by Crippen LogP contribution is -2.30. The van der Waals surface area contributed by atoms with E-state index in [4.69, 9.17) is 0 Å². The molecule has 0 radical (unpaired) electrons. The first-order valence-electron chi connectivity index (χ1n) is 5.49. The van der Waals surface area contributed by atoms with Gasteiger partial charge in [0.1, 0.15) is 0 Å². The number of rotatable bonds is 0. The molecule has 0 amide bonds. The van der Waals surface area contributed by atoms with E-state index in [0.717, 1.165) is 17.8 Å². The minimum absolute atomic E-state index is 0.199. The molecule has 1 aromatic rings. The third-order valence-corrected chi connectivity index (χ3v) is 4.16. The van der Waals surface area contributed by atoms with Crippen LogP contribution in [0.5, 0.6) is 0 Å². The summed E-state index contributed by atoms with van der Waals surface area (Å²) < 4.78 is 0. The fraction of sp³-hybridized carbons (Fsp3) is 0.385. The van der Waals surface area contributed by atoms with Crippen LogP contribution in [0.3, 0.4) is 0 Å². The van der Waals surface area contributed by atoms with Crippen molar-refractivity contribution in [3.05, 3.63) is 35.4 Å². The van der Waals surface area contributed by atoms with Gasteiger partial charge in [-0.25, -0.2) is 0 Å². The summed E-state index contributed by atoms with van der Waals surface area (Å²) in [5.41, 5.74) is 3.56. The van der Waals surface area contributed by atoms with Gasteiger partial charge in [0.15, 0.2) is 5.78 Å². The highest BCUT2D eigenvalue weighted by atomic mass is 16.1. The number of carbonyl (C=O) groups is 1. The Hall–Kier alpha value is -1.44. The van der Waals surface area contributed by atoms with E-state index < -0.39 is 0 Å². The van der Waals surface area contributed by atoms with Crippen molar-refractivity contribution in [1.29, 1.82) is 0 Å². The first-order valence-corrected chi connectivity index (χ1v) is 5.49. The number of aliphatic imine (C=N–C) groups is 1. The molecule has 0 saturated heterocycles. The second-order valence-electron chi connectivity index (χ2n) is 4.81. The summed E-state index contributed by atoms with van der Waals surface area (Å²) in [6, 6.07) is 8.09. The first-order chi connectivity index (χ1) is 7.32. The van der Waals surface area contributed by atoms with Crippen LogP contribution in [0.4, 0.5) is 0 Å². The largest absolute Gasteiger partial charge is 0.294 e. The van der Waals surface area contributed by atoms with E-state index in [1.165, 1.54) is 12.0 Å². The van der Waals surface area contributed by atoms with E-state index >= 15 is 0 Å². The summed E-state index contributed by atoms with van der Waals surface area (Å²) in [7, 11) is 0. The van der Waals surface area contributed by atoms with Crippen LogP contribution in [0.1, 0.15) is 28.8 Å². The summed E-state index contributed by atoms with van der Waals surface area (Å²) in [5, 5.41) is 0. The summed E-state index contributed by atoms with van der Waals surface area (Å²) in [4.78, 5) is 16.4. The standard InChI is InChI=1S/C13H11NO/c15-11-5-12-13(6-8(13)7-14-12)10-4-2-1-3-9(10)11/h1-4,8H,5-7H2/t8?,13-/m1/s1. The molecule has 15 heavy (non-hydrogen) atoms. The summed E-state index contributed by atoms with van der Waals surface area (Å²) in [6.45, 7) is 0.941. The van der Waals surface area contributed by atoms with Crippen molar-refractivity contribution in [2.45, 2.75) is 18.3 Å². The molecular formula is C13H11NO. The molecule has 2 nitrogen and oxygen atoms in total. The van der Waals surface area contributed by atoms with Gasteiger partial charge in [-0.1, -0.05) is 24.3 Å². The number of Topliss-reactive ketones (excluding diaryl/α,β-unsaturated/α-hetero) is 1. The topological polar surface area (TPSA) is 29.4 Å². The average Bonchev–Trinajstić information content (AvgIpc) is 2.89. The molecule has 0 bridgehead atoms. The van der Waals surface area contributed by atoms with Crippen LogP contribution in [-0.2, 0) is 5.41 Å². The zero-order valence-corrected chi connectivity index (χ0v) is 8.36. The molecule has 74 valence electrons. The van der Waals surface area contributed by atoms with Crippen molar-refractivity contribution in [2.75, 3.05) is 6.54 Å². The number of fused-ring (bicyclic) bond motifs is 1. The van der Waals surface area contributed by atoms with Gasteiger partial charge in [0.2, 0.25) is 0 Å². The Kier molecular flexibility index (Phi) is 1.15. The third kappa shape index (κ3) is 0.738. The maximum absolute atomic E-state index is 11.9. The molecule has 1 saturated carbocycles. The van der Waals surface area contributed by atoms with Crippen LogP contribution >= 0.6 is 0 Å². The number of nitrogens with zero attached hydrogens (tertiary/aromatic N) is 1. The van der Waals surface area contributed by atoms with Crippen molar-refractivity contribution in [2.24, 2.45) is 10.9 Å². The highest BCUT2D eigenvalue weighted by Gasteiger charge is 2.64. The summed E-state index contributed by atoms with van der Waals surface area (Å²) in [5.74, 6) is 0.948. The van der Waals surface area contributed by atoms with Crippen LogP contribution < -0.4 is 0 Å². The van der Waals surface area contributed by atoms with Gasteiger partial charge in [0, 0.05) is 29.7 Å². The molecule has 3 aliphatic rings. The van der Waals surface area contributed by atoms with Gasteiger partial charge in [-0.15, -0.1) is 0 Å². The number of ketones is 1. The zero-order chi connectivity index (χ0) is 10.0. The van der Waals surface area contributed by atoms with E-state index in [1.54, 1.807) is 0 Å². The molecule has 1 fully saturated rings. The smallest absolute Gasteiger partial charge is 0.168 e. The third-order valence-electron chi connectivity index (χ3n) is 4.16. The van der Waals surface area contributed by atoms with Crippen LogP contribution in [0.25, 0.3) is 0 Å². The van der Waals surface area contributed by atoms with Crippen molar-refractivity contribution < 1.29 is 4.79 Å². The van der Waals surface area contributed by atoms with Gasteiger partial charge in [-0.05, 0) is 17.9 Å². The van der Waals surface area contributed by atoms with Crippen LogP contribution in [0.2, 0.25) is 0 Å². The lowest BCUT2D eigenvalue weighted by Gasteiger charge is -2.24. The fourth-order valence-electron chi connectivity index (χ4n) is 3.33. The quantitative estimate of drug-likeness (QED) is 0.625. The predicted octanol–water partition coefficient (Wildman–Crippen LogP) is 1.99. The van der Waals surface area contributed by atoms with E-state index in [1.807, 2.05) is 18.2 Å². The molecule has 2 heteroatoms. The molecule has 2 aliphatic carbocycles. The average molecular weight is 197 g/mol. The van der Waals surface area contributed by atoms with Gasteiger partial charge < -0.3 is 0 Å². The minimum Gasteiger partial charge on any atom is -0.294 e. The second kappa shape index (κ2) is 2.21. The molecule has 1 aliphatic heterocycles. The van der Waals surface area contributed by atoms with Crippen LogP contribution in [0, 0.1) is 5.92 Å². The molecule has 2 atom stereocenters. The highest BCUT2D eigenvalue weighted by molar-refractivity contribution is 6.20. The summed E-state index contributed by atoms with van der Waals surface area (Å²) in [6.07, 6.45) is 1.78. The molecule has 0 N–H and O–H groups in total. The number of carbonyl (C=O) groups excluding carboxylic acids is 1. The Morgan fingerprint density at radius 2 is 2.20 bits per heavy atom. The van der Waals surface area contributed by atoms with E-state index in [-0.39, 0.29) is 11.2 Å². The van der Waals surface area contributed by atoms with E-state index in [2.05, 4.69) is 11.1 Å². The molecule has 1 spiro atoms. The monoisotopic (exact) mass is 197 g/mol. The Morgan fingerprint density at radius 1 is 1.33 bits per heavy atom. The minimum atomic E-state index is 0.199. The van der Waals surface area contributed by atoms with Crippen LogP contribution in [-0.4, -0.2) is 18.0 Å². The van der Waals surface area contributed by atoms with Crippen LogP contribution in [0.15, 0.2) is 29.3 Å². The predicted molar refractivity (Wildman–Crippen MR) is 57.5 cm³/mol. The van der Waals surface area contributed by atoms with Gasteiger partial charge in [-0.3, -0.25) is 9.79 Å². The molecule has 4 rings (SSSR count). The van der Waals surface area contributed by atoms with Gasteiger partial charge in [0.05, 0.1) is 0 Å².